The highest BCUT2D eigenvalue weighted by Crippen LogP contribution is 2.42. The normalized spacial score (nSPS) is 29.9. The van der Waals surface area contributed by atoms with Crippen molar-refractivity contribution in [3.63, 3.8) is 0 Å². The fourth-order valence-corrected chi connectivity index (χ4v) is 3.41. The maximum atomic E-state index is 12.8. The number of hydrogen-bond acceptors (Lipinski definition) is 6. The molecule has 4 rings (SSSR count). The number of carbonyl (C=O) groups is 3. The summed E-state index contributed by atoms with van der Waals surface area (Å²) in [6.07, 6.45) is -1.98. The van der Waals surface area contributed by atoms with Gasteiger partial charge in [-0.05, 0) is 13.0 Å². The van der Waals surface area contributed by atoms with Crippen LogP contribution in [0.5, 0.6) is 5.75 Å². The van der Waals surface area contributed by atoms with Gasteiger partial charge in [0.1, 0.15) is 11.9 Å². The third-order valence-corrected chi connectivity index (χ3v) is 4.33. The maximum absolute atomic E-state index is 12.8. The molecule has 1 aromatic carbocycles. The van der Waals surface area contributed by atoms with Gasteiger partial charge in [0.25, 0.3) is 0 Å². The van der Waals surface area contributed by atoms with E-state index in [2.05, 4.69) is 0 Å². The van der Waals surface area contributed by atoms with Gasteiger partial charge >= 0.3 is 5.97 Å². The number of aromatic hydroxyl groups is 1. The highest BCUT2D eigenvalue weighted by Gasteiger charge is 2.51. The van der Waals surface area contributed by atoms with Gasteiger partial charge in [0.05, 0.1) is 23.7 Å². The first kappa shape index (κ1) is 13.2. The summed E-state index contributed by atoms with van der Waals surface area (Å²) in [7, 11) is 0. The van der Waals surface area contributed by atoms with E-state index in [-0.39, 0.29) is 40.2 Å². The minimum Gasteiger partial charge on any atom is -0.507 e. The van der Waals surface area contributed by atoms with Crippen LogP contribution >= 0.6 is 0 Å². The van der Waals surface area contributed by atoms with Crippen LogP contribution in [0.3, 0.4) is 0 Å². The third kappa shape index (κ3) is 1.55. The van der Waals surface area contributed by atoms with E-state index >= 15 is 0 Å². The second-order valence-electron chi connectivity index (χ2n) is 5.62. The van der Waals surface area contributed by atoms with Crippen molar-refractivity contribution < 1.29 is 29.0 Å². The molecule has 2 aliphatic heterocycles. The minimum absolute atomic E-state index is 0.0259. The summed E-state index contributed by atoms with van der Waals surface area (Å²) in [5.41, 5.74) is 0.497. The van der Waals surface area contributed by atoms with Crippen LogP contribution in [0, 0.1) is 0 Å². The lowest BCUT2D eigenvalue weighted by Crippen LogP contribution is -2.44. The third-order valence-electron chi connectivity index (χ3n) is 4.33. The molecule has 1 saturated heterocycles. The Morgan fingerprint density at radius 3 is 2.68 bits per heavy atom. The molecule has 0 amide bonds. The molecule has 2 heterocycles. The molecular weight excluding hydrogens is 288 g/mol. The fourth-order valence-electron chi connectivity index (χ4n) is 3.41. The van der Waals surface area contributed by atoms with Crippen molar-refractivity contribution in [2.45, 2.75) is 31.7 Å². The number of benzene rings is 1. The number of ketones is 2. The highest BCUT2D eigenvalue weighted by atomic mass is 16.6. The Morgan fingerprint density at radius 1 is 1.14 bits per heavy atom. The van der Waals surface area contributed by atoms with Gasteiger partial charge in [-0.25, -0.2) is 0 Å². The van der Waals surface area contributed by atoms with Gasteiger partial charge in [-0.1, -0.05) is 12.1 Å². The number of phenols is 1. The van der Waals surface area contributed by atoms with Crippen LogP contribution in [-0.4, -0.2) is 41.0 Å². The first-order chi connectivity index (χ1) is 10.5. The molecule has 0 spiro atoms. The van der Waals surface area contributed by atoms with Crippen LogP contribution in [0.15, 0.2) is 29.3 Å². The van der Waals surface area contributed by atoms with E-state index in [0.717, 1.165) is 0 Å². The van der Waals surface area contributed by atoms with Crippen LogP contribution in [-0.2, 0) is 14.3 Å². The van der Waals surface area contributed by atoms with E-state index in [1.807, 2.05) is 0 Å². The van der Waals surface area contributed by atoms with E-state index < -0.39 is 30.1 Å². The van der Waals surface area contributed by atoms with Crippen LogP contribution in [0.2, 0.25) is 0 Å². The molecule has 3 aliphatic rings. The number of rotatable bonds is 0. The molecule has 0 radical (unpaired) electrons. The lowest BCUT2D eigenvalue weighted by atomic mass is 9.77. The first-order valence-electron chi connectivity index (χ1n) is 6.99. The van der Waals surface area contributed by atoms with Gasteiger partial charge in [0.15, 0.2) is 17.7 Å². The van der Waals surface area contributed by atoms with Gasteiger partial charge < -0.3 is 14.6 Å². The number of esters is 1. The maximum Gasteiger partial charge on any atom is 0.309 e. The molecule has 1 aliphatic carbocycles. The molecule has 1 aromatic rings. The van der Waals surface area contributed by atoms with E-state index in [1.54, 1.807) is 6.92 Å². The summed E-state index contributed by atoms with van der Waals surface area (Å²) >= 11 is 0. The largest absolute Gasteiger partial charge is 0.507 e. The number of phenolic OH excluding ortho intramolecular Hbond substituents is 1. The predicted octanol–water partition coefficient (Wildman–Crippen LogP) is 1.17. The van der Waals surface area contributed by atoms with Crippen molar-refractivity contribution in [1.82, 2.24) is 0 Å². The zero-order chi connectivity index (χ0) is 15.6. The van der Waals surface area contributed by atoms with Gasteiger partial charge in [-0.15, -0.1) is 0 Å². The second-order valence-corrected chi connectivity index (χ2v) is 5.62. The molecule has 1 N–H and O–H groups in total. The summed E-state index contributed by atoms with van der Waals surface area (Å²) in [6.45, 7) is 1.67. The number of hydrogen-bond donors (Lipinski definition) is 1. The number of carbonyl (C=O) groups excluding carboxylic acids is 3. The standard InChI is InChI=1S/C16H12O6/c1-6-11-13(16-9(21-6)5-10(18)22-16)15(20)12-7(14(11)19)3-2-4-8(12)17/h2-4,6,9,16-17H,5H2,1H3/t6-,9-,16+/m0/s1. The topological polar surface area (TPSA) is 89.9 Å². The summed E-state index contributed by atoms with van der Waals surface area (Å²) in [5.74, 6) is -1.54. The molecule has 1 fully saturated rings. The quantitative estimate of drug-likeness (QED) is 0.723. The average molecular weight is 300 g/mol. The molecule has 6 heteroatoms. The number of Topliss-reactive ketones (excluding diaryl/α,β-unsaturated/α-hetero) is 2. The van der Waals surface area contributed by atoms with Crippen molar-refractivity contribution in [3.05, 3.63) is 40.5 Å². The zero-order valence-corrected chi connectivity index (χ0v) is 11.7. The van der Waals surface area contributed by atoms with Gasteiger partial charge in [-0.2, -0.15) is 0 Å². The Bertz CT molecular complexity index is 775. The Balaban J connectivity index is 1.95. The molecule has 0 bridgehead atoms. The second kappa shape index (κ2) is 4.27. The van der Waals surface area contributed by atoms with Crippen molar-refractivity contribution in [3.8, 4) is 5.75 Å². The van der Waals surface area contributed by atoms with Crippen molar-refractivity contribution in [1.29, 1.82) is 0 Å². The molecule has 6 nitrogen and oxygen atoms in total. The molecule has 112 valence electrons. The molecule has 0 saturated carbocycles. The van der Waals surface area contributed by atoms with E-state index in [4.69, 9.17) is 9.47 Å². The van der Waals surface area contributed by atoms with Crippen LogP contribution < -0.4 is 0 Å². The minimum atomic E-state index is -0.872. The van der Waals surface area contributed by atoms with Gasteiger partial charge in [-0.3, -0.25) is 14.4 Å². The van der Waals surface area contributed by atoms with Crippen molar-refractivity contribution in [2.24, 2.45) is 0 Å². The number of fused-ring (bicyclic) bond motifs is 3. The Labute approximate surface area is 125 Å². The Kier molecular flexibility index (Phi) is 2.56. The summed E-state index contributed by atoms with van der Waals surface area (Å²) in [5, 5.41) is 9.96. The van der Waals surface area contributed by atoms with Crippen LogP contribution in [0.1, 0.15) is 34.1 Å². The monoisotopic (exact) mass is 300 g/mol. The van der Waals surface area contributed by atoms with Crippen LogP contribution in [0.25, 0.3) is 0 Å². The SMILES string of the molecule is C[C@@H]1O[C@H]2CC(=O)O[C@H]2C2=C1C(=O)c1cccc(O)c1C2=O. The first-order valence-corrected chi connectivity index (χ1v) is 6.99. The van der Waals surface area contributed by atoms with E-state index in [9.17, 15) is 19.5 Å². The lowest BCUT2D eigenvalue weighted by molar-refractivity contribution is -0.140. The zero-order valence-electron chi connectivity index (χ0n) is 11.7. The van der Waals surface area contributed by atoms with E-state index in [1.165, 1.54) is 18.2 Å². The number of ether oxygens (including phenoxy) is 2. The van der Waals surface area contributed by atoms with E-state index in [0.29, 0.717) is 0 Å². The predicted molar refractivity (Wildman–Crippen MR) is 72.6 cm³/mol. The summed E-state index contributed by atoms with van der Waals surface area (Å²) in [6, 6.07) is 4.37. The van der Waals surface area contributed by atoms with Gasteiger partial charge in [0.2, 0.25) is 0 Å². The average Bonchev–Trinajstić information content (AvgIpc) is 2.83. The summed E-state index contributed by atoms with van der Waals surface area (Å²) in [4.78, 5) is 37.0. The smallest absolute Gasteiger partial charge is 0.309 e. The highest BCUT2D eigenvalue weighted by molar-refractivity contribution is 6.28. The molecule has 0 aromatic heterocycles. The lowest BCUT2D eigenvalue weighted by Gasteiger charge is -2.35. The summed E-state index contributed by atoms with van der Waals surface area (Å²) < 4.78 is 10.9. The Hall–Kier alpha value is -2.47. The van der Waals surface area contributed by atoms with Gasteiger partial charge in [0, 0.05) is 11.1 Å². The Morgan fingerprint density at radius 2 is 1.91 bits per heavy atom. The molecule has 0 unspecified atom stereocenters. The molecule has 3 atom stereocenters. The van der Waals surface area contributed by atoms with Crippen molar-refractivity contribution >= 4 is 17.5 Å². The molecular formula is C16H12O6. The van der Waals surface area contributed by atoms with Crippen molar-refractivity contribution in [2.75, 3.05) is 0 Å². The fraction of sp³-hybridized carbons (Fsp3) is 0.312. The molecule has 22 heavy (non-hydrogen) atoms. The van der Waals surface area contributed by atoms with Crippen LogP contribution in [0.4, 0.5) is 0 Å².